The number of hydrogen-bond acceptors (Lipinski definition) is 5. The number of methoxy groups -OCH3 is 1. The van der Waals surface area contributed by atoms with Gasteiger partial charge in [0, 0.05) is 11.3 Å². The van der Waals surface area contributed by atoms with Crippen molar-refractivity contribution < 1.29 is 17.9 Å². The summed E-state index contributed by atoms with van der Waals surface area (Å²) in [7, 11) is -1.15. The molecule has 3 aromatic carbocycles. The molecule has 8 nitrogen and oxygen atoms in total. The van der Waals surface area contributed by atoms with Crippen LogP contribution in [0.15, 0.2) is 77.7 Å². The van der Waals surface area contributed by atoms with E-state index in [1.54, 1.807) is 0 Å². The van der Waals surface area contributed by atoms with E-state index in [1.165, 1.54) is 32.4 Å². The van der Waals surface area contributed by atoms with Crippen LogP contribution in [0.1, 0.15) is 10.4 Å². The van der Waals surface area contributed by atoms with Crippen LogP contribution in [-0.4, -0.2) is 38.0 Å². The number of carbonyl (C=O) groups is 1. The van der Waals surface area contributed by atoms with Crippen LogP contribution in [0.3, 0.4) is 0 Å². The van der Waals surface area contributed by atoms with E-state index in [1.807, 2.05) is 59.2 Å². The number of imidazole rings is 1. The van der Waals surface area contributed by atoms with E-state index in [9.17, 15) is 13.2 Å². The number of rotatable bonds is 6. The van der Waals surface area contributed by atoms with Gasteiger partial charge in [0.15, 0.2) is 0 Å². The Morgan fingerprint density at radius 1 is 1.00 bits per heavy atom. The van der Waals surface area contributed by atoms with Gasteiger partial charge >= 0.3 is 0 Å². The van der Waals surface area contributed by atoms with Gasteiger partial charge < -0.3 is 4.74 Å². The van der Waals surface area contributed by atoms with Crippen molar-refractivity contribution in [2.24, 2.45) is 0 Å². The van der Waals surface area contributed by atoms with Crippen molar-refractivity contribution in [3.63, 3.8) is 0 Å². The lowest BCUT2D eigenvalue weighted by molar-refractivity contribution is 0.102. The Morgan fingerprint density at radius 3 is 2.42 bits per heavy atom. The van der Waals surface area contributed by atoms with Crippen LogP contribution >= 0.6 is 0 Å². The van der Waals surface area contributed by atoms with Crippen molar-refractivity contribution in [2.75, 3.05) is 19.5 Å². The summed E-state index contributed by atoms with van der Waals surface area (Å²) in [6.07, 6.45) is 0. The number of aromatic nitrogens is 2. The summed E-state index contributed by atoms with van der Waals surface area (Å²) in [5, 5.41) is 2.81. The van der Waals surface area contributed by atoms with Gasteiger partial charge in [0.05, 0.1) is 18.1 Å². The molecule has 0 aliphatic carbocycles. The Bertz CT molecular complexity index is 1370. The second-order valence-corrected chi connectivity index (χ2v) is 8.48. The molecule has 0 aliphatic heterocycles. The van der Waals surface area contributed by atoms with E-state index in [2.05, 4.69) is 15.0 Å². The predicted octanol–water partition coefficient (Wildman–Crippen LogP) is 3.19. The summed E-state index contributed by atoms with van der Waals surface area (Å²) in [5.74, 6) is -0.0311. The third-order valence-corrected chi connectivity index (χ3v) is 6.22. The Kier molecular flexibility index (Phi) is 5.45. The minimum Gasteiger partial charge on any atom is -0.495 e. The van der Waals surface area contributed by atoms with Crippen molar-refractivity contribution in [3.8, 4) is 11.4 Å². The van der Waals surface area contributed by atoms with Gasteiger partial charge in [-0.2, -0.15) is 0 Å². The average molecular weight is 436 g/mol. The first-order valence-corrected chi connectivity index (χ1v) is 10.9. The summed E-state index contributed by atoms with van der Waals surface area (Å²) in [6, 6.07) is 21.3. The van der Waals surface area contributed by atoms with Crippen LogP contribution in [0.4, 0.5) is 5.95 Å². The largest absolute Gasteiger partial charge is 0.495 e. The number of nitrogens with one attached hydrogen (secondary N) is 2. The Morgan fingerprint density at radius 2 is 1.71 bits per heavy atom. The number of fused-ring (bicyclic) bond motifs is 1. The number of nitrogens with zero attached hydrogens (tertiary/aromatic N) is 2. The Balaban J connectivity index is 1.77. The molecule has 0 unspecified atom stereocenters. The fourth-order valence-corrected chi connectivity index (χ4v) is 4.18. The van der Waals surface area contributed by atoms with Crippen LogP contribution in [0.2, 0.25) is 0 Å². The van der Waals surface area contributed by atoms with E-state index in [0.29, 0.717) is 5.95 Å². The lowest BCUT2D eigenvalue weighted by Gasteiger charge is -2.12. The maximum Gasteiger partial charge on any atom is 0.258 e. The number of ether oxygens (including phenoxy) is 1. The molecule has 0 radical (unpaired) electrons. The van der Waals surface area contributed by atoms with E-state index < -0.39 is 15.9 Å². The van der Waals surface area contributed by atoms with Gasteiger partial charge in [-0.1, -0.05) is 30.3 Å². The minimum absolute atomic E-state index is 0.123. The minimum atomic E-state index is -3.82. The highest BCUT2D eigenvalue weighted by Crippen LogP contribution is 2.27. The molecule has 0 saturated heterocycles. The van der Waals surface area contributed by atoms with Crippen LogP contribution in [0.25, 0.3) is 16.7 Å². The van der Waals surface area contributed by atoms with Crippen LogP contribution in [0, 0.1) is 0 Å². The summed E-state index contributed by atoms with van der Waals surface area (Å²) in [5.41, 5.74) is 2.54. The third-order valence-electron chi connectivity index (χ3n) is 4.78. The van der Waals surface area contributed by atoms with Crippen LogP contribution in [-0.2, 0) is 10.0 Å². The number of sulfonamides is 1. The highest BCUT2D eigenvalue weighted by atomic mass is 32.2. The number of carbonyl (C=O) groups excluding carboxylic acids is 1. The van der Waals surface area contributed by atoms with Crippen molar-refractivity contribution >= 4 is 32.9 Å². The molecule has 9 heteroatoms. The summed E-state index contributed by atoms with van der Waals surface area (Å²) >= 11 is 0. The molecule has 0 bridgehead atoms. The molecule has 4 aromatic rings. The average Bonchev–Trinajstić information content (AvgIpc) is 3.16. The SMILES string of the molecule is CNS(=O)(=O)c1cc(C(=O)Nc2nc3ccccc3n2-c2ccccc2)ccc1OC. The molecule has 0 fully saturated rings. The van der Waals surface area contributed by atoms with E-state index in [0.717, 1.165) is 16.7 Å². The van der Waals surface area contributed by atoms with Crippen LogP contribution in [0.5, 0.6) is 5.75 Å². The van der Waals surface area contributed by atoms with Gasteiger partial charge in [-0.3, -0.25) is 14.7 Å². The van der Waals surface area contributed by atoms with Gasteiger partial charge in [-0.05, 0) is 49.5 Å². The van der Waals surface area contributed by atoms with E-state index in [4.69, 9.17) is 4.74 Å². The Hall–Kier alpha value is -3.69. The maximum atomic E-state index is 13.0. The highest BCUT2D eigenvalue weighted by Gasteiger charge is 2.21. The molecule has 158 valence electrons. The van der Waals surface area contributed by atoms with Crippen molar-refractivity contribution in [2.45, 2.75) is 4.90 Å². The fraction of sp³-hybridized carbons (Fsp3) is 0.0909. The second-order valence-electron chi connectivity index (χ2n) is 6.62. The molecule has 1 heterocycles. The van der Waals surface area contributed by atoms with E-state index in [-0.39, 0.29) is 16.2 Å². The molecule has 1 aromatic heterocycles. The first-order chi connectivity index (χ1) is 14.9. The van der Waals surface area contributed by atoms with Gasteiger partial charge in [0.1, 0.15) is 10.6 Å². The zero-order chi connectivity index (χ0) is 22.0. The molecule has 0 aliphatic rings. The molecule has 4 rings (SSSR count). The predicted molar refractivity (Wildman–Crippen MR) is 118 cm³/mol. The van der Waals surface area contributed by atoms with Gasteiger partial charge in [0.2, 0.25) is 16.0 Å². The van der Waals surface area contributed by atoms with Gasteiger partial charge in [-0.15, -0.1) is 0 Å². The number of anilines is 1. The zero-order valence-corrected chi connectivity index (χ0v) is 17.7. The summed E-state index contributed by atoms with van der Waals surface area (Å²) < 4.78 is 33.9. The highest BCUT2D eigenvalue weighted by molar-refractivity contribution is 7.89. The normalized spacial score (nSPS) is 11.4. The fourth-order valence-electron chi connectivity index (χ4n) is 3.26. The topological polar surface area (TPSA) is 102 Å². The molecule has 0 spiro atoms. The van der Waals surface area contributed by atoms with Gasteiger partial charge in [0.25, 0.3) is 5.91 Å². The van der Waals surface area contributed by atoms with E-state index >= 15 is 0 Å². The zero-order valence-electron chi connectivity index (χ0n) is 16.9. The number of hydrogen-bond donors (Lipinski definition) is 2. The molecule has 31 heavy (non-hydrogen) atoms. The smallest absolute Gasteiger partial charge is 0.258 e. The van der Waals surface area contributed by atoms with Gasteiger partial charge in [-0.25, -0.2) is 18.1 Å². The van der Waals surface area contributed by atoms with Crippen molar-refractivity contribution in [3.05, 3.63) is 78.4 Å². The lowest BCUT2D eigenvalue weighted by atomic mass is 10.2. The quantitative estimate of drug-likeness (QED) is 0.483. The molecule has 0 saturated carbocycles. The first kappa shape index (κ1) is 20.6. The molecule has 0 atom stereocenters. The lowest BCUT2D eigenvalue weighted by Crippen LogP contribution is -2.21. The third kappa shape index (κ3) is 3.88. The number of amides is 1. The maximum absolute atomic E-state index is 13.0. The number of para-hydroxylation sites is 3. The standard InChI is InChI=1S/C22H20N4O4S/c1-23-31(28,29)20-14-15(12-13-19(20)30-2)21(27)25-22-24-17-10-6-7-11-18(17)26(22)16-8-4-3-5-9-16/h3-14,23H,1-2H3,(H,24,25,27). The monoisotopic (exact) mass is 436 g/mol. The second kappa shape index (κ2) is 8.21. The first-order valence-electron chi connectivity index (χ1n) is 9.40. The summed E-state index contributed by atoms with van der Waals surface area (Å²) in [6.45, 7) is 0. The van der Waals surface area contributed by atoms with Crippen LogP contribution < -0.4 is 14.8 Å². The molecular weight excluding hydrogens is 416 g/mol. The molecule has 1 amide bonds. The van der Waals surface area contributed by atoms with Crippen molar-refractivity contribution in [1.82, 2.24) is 14.3 Å². The summed E-state index contributed by atoms with van der Waals surface area (Å²) in [4.78, 5) is 17.4. The number of benzene rings is 3. The van der Waals surface area contributed by atoms with Crippen molar-refractivity contribution in [1.29, 1.82) is 0 Å². The Labute approximate surface area is 179 Å². The molecular formula is C22H20N4O4S. The molecule has 2 N–H and O–H groups in total.